The number of anilines is 1. The SMILES string of the molecule is CSCc1nc2ccccc2n1CC(=O)Nc1ccc(C)cc1C. The van der Waals surface area contributed by atoms with E-state index >= 15 is 0 Å². The molecule has 1 heterocycles. The zero-order valence-corrected chi connectivity index (χ0v) is 15.0. The van der Waals surface area contributed by atoms with Gasteiger partial charge in [0.15, 0.2) is 0 Å². The van der Waals surface area contributed by atoms with E-state index in [2.05, 4.69) is 16.4 Å². The molecule has 0 saturated carbocycles. The van der Waals surface area contributed by atoms with Gasteiger partial charge in [-0.15, -0.1) is 0 Å². The molecule has 1 amide bonds. The number of nitrogens with zero attached hydrogens (tertiary/aromatic N) is 2. The summed E-state index contributed by atoms with van der Waals surface area (Å²) in [5.74, 6) is 1.68. The molecule has 0 spiro atoms. The van der Waals surface area contributed by atoms with Crippen molar-refractivity contribution in [2.24, 2.45) is 0 Å². The van der Waals surface area contributed by atoms with Crippen molar-refractivity contribution < 1.29 is 4.79 Å². The van der Waals surface area contributed by atoms with E-state index in [4.69, 9.17) is 0 Å². The predicted octanol–water partition coefficient (Wildman–Crippen LogP) is 4.15. The van der Waals surface area contributed by atoms with Gasteiger partial charge >= 0.3 is 0 Å². The minimum absolute atomic E-state index is 0.0348. The first-order valence-electron chi connectivity index (χ1n) is 7.88. The quantitative estimate of drug-likeness (QED) is 0.759. The van der Waals surface area contributed by atoms with Gasteiger partial charge in [-0.25, -0.2) is 4.98 Å². The molecule has 0 aliphatic carbocycles. The van der Waals surface area contributed by atoms with Gasteiger partial charge in [0.1, 0.15) is 12.4 Å². The summed E-state index contributed by atoms with van der Waals surface area (Å²) in [7, 11) is 0. The normalized spacial score (nSPS) is 11.0. The number of carbonyl (C=O) groups excluding carboxylic acids is 1. The highest BCUT2D eigenvalue weighted by molar-refractivity contribution is 7.97. The van der Waals surface area contributed by atoms with Gasteiger partial charge in [-0.3, -0.25) is 4.79 Å². The van der Waals surface area contributed by atoms with Crippen LogP contribution in [0.3, 0.4) is 0 Å². The molecule has 0 atom stereocenters. The van der Waals surface area contributed by atoms with Crippen molar-refractivity contribution in [2.75, 3.05) is 11.6 Å². The third-order valence-electron chi connectivity index (χ3n) is 3.96. The summed E-state index contributed by atoms with van der Waals surface area (Å²) in [4.78, 5) is 17.2. The molecule has 0 radical (unpaired) electrons. The van der Waals surface area contributed by atoms with Gasteiger partial charge < -0.3 is 9.88 Å². The number of rotatable bonds is 5. The minimum Gasteiger partial charge on any atom is -0.324 e. The summed E-state index contributed by atoms with van der Waals surface area (Å²) in [6.07, 6.45) is 2.04. The van der Waals surface area contributed by atoms with E-state index in [0.29, 0.717) is 0 Å². The van der Waals surface area contributed by atoms with E-state index in [0.717, 1.165) is 33.9 Å². The first-order chi connectivity index (χ1) is 11.6. The summed E-state index contributed by atoms with van der Waals surface area (Å²) >= 11 is 1.70. The minimum atomic E-state index is -0.0348. The third-order valence-corrected chi connectivity index (χ3v) is 4.51. The van der Waals surface area contributed by atoms with Gasteiger partial charge in [0, 0.05) is 5.69 Å². The van der Waals surface area contributed by atoms with Crippen molar-refractivity contribution in [2.45, 2.75) is 26.1 Å². The first kappa shape index (κ1) is 16.6. The van der Waals surface area contributed by atoms with E-state index in [1.54, 1.807) is 11.8 Å². The van der Waals surface area contributed by atoms with E-state index in [1.165, 1.54) is 5.56 Å². The molecule has 0 aliphatic heterocycles. The second kappa shape index (κ2) is 7.09. The number of aryl methyl sites for hydroxylation is 2. The summed E-state index contributed by atoms with van der Waals surface area (Å²) in [6, 6.07) is 14.0. The van der Waals surface area contributed by atoms with Crippen LogP contribution in [0.4, 0.5) is 5.69 Å². The van der Waals surface area contributed by atoms with Crippen molar-refractivity contribution in [3.05, 3.63) is 59.4 Å². The van der Waals surface area contributed by atoms with Gasteiger partial charge in [0.05, 0.1) is 16.8 Å². The van der Waals surface area contributed by atoms with Crippen LogP contribution in [0.2, 0.25) is 0 Å². The van der Waals surface area contributed by atoms with Crippen LogP contribution in [0.5, 0.6) is 0 Å². The first-order valence-corrected chi connectivity index (χ1v) is 9.28. The maximum absolute atomic E-state index is 12.6. The van der Waals surface area contributed by atoms with Crippen LogP contribution in [0.25, 0.3) is 11.0 Å². The standard InChI is InChI=1S/C19H21N3OS/c1-13-8-9-15(14(2)10-13)21-19(23)11-22-17-7-5-4-6-16(17)20-18(22)12-24-3/h4-10H,11-12H2,1-3H3,(H,21,23). The number of thioether (sulfide) groups is 1. The number of amides is 1. The average molecular weight is 339 g/mol. The molecule has 24 heavy (non-hydrogen) atoms. The lowest BCUT2D eigenvalue weighted by molar-refractivity contribution is -0.116. The fourth-order valence-electron chi connectivity index (χ4n) is 2.83. The van der Waals surface area contributed by atoms with Crippen LogP contribution in [0.15, 0.2) is 42.5 Å². The Balaban J connectivity index is 1.85. The maximum atomic E-state index is 12.6. The average Bonchev–Trinajstić information content (AvgIpc) is 2.88. The van der Waals surface area contributed by atoms with Crippen molar-refractivity contribution in [3.63, 3.8) is 0 Å². The number of imidazole rings is 1. The number of hydrogen-bond donors (Lipinski definition) is 1. The second-order valence-electron chi connectivity index (χ2n) is 5.90. The molecule has 0 fully saturated rings. The van der Waals surface area contributed by atoms with Crippen LogP contribution in [-0.4, -0.2) is 21.7 Å². The fourth-order valence-corrected chi connectivity index (χ4v) is 3.31. The van der Waals surface area contributed by atoms with Crippen LogP contribution in [0, 0.1) is 13.8 Å². The molecule has 1 N–H and O–H groups in total. The molecular formula is C19H21N3OS. The molecule has 2 aromatic carbocycles. The Morgan fingerprint density at radius 3 is 2.75 bits per heavy atom. The summed E-state index contributed by atoms with van der Waals surface area (Å²) < 4.78 is 2.00. The van der Waals surface area contributed by atoms with Gasteiger partial charge in [0.25, 0.3) is 0 Å². The summed E-state index contributed by atoms with van der Waals surface area (Å²) in [5, 5.41) is 3.02. The smallest absolute Gasteiger partial charge is 0.244 e. The highest BCUT2D eigenvalue weighted by atomic mass is 32.2. The number of nitrogens with one attached hydrogen (secondary N) is 1. The predicted molar refractivity (Wildman–Crippen MR) is 101 cm³/mol. The summed E-state index contributed by atoms with van der Waals surface area (Å²) in [5.41, 5.74) is 5.05. The zero-order chi connectivity index (χ0) is 17.1. The Hall–Kier alpha value is -2.27. The van der Waals surface area contributed by atoms with Gasteiger partial charge in [-0.2, -0.15) is 11.8 Å². The monoisotopic (exact) mass is 339 g/mol. The lowest BCUT2D eigenvalue weighted by Crippen LogP contribution is -2.20. The van der Waals surface area contributed by atoms with Crippen LogP contribution in [0.1, 0.15) is 17.0 Å². The zero-order valence-electron chi connectivity index (χ0n) is 14.2. The Morgan fingerprint density at radius 1 is 1.21 bits per heavy atom. The lowest BCUT2D eigenvalue weighted by atomic mass is 10.1. The van der Waals surface area contributed by atoms with Gasteiger partial charge in [-0.1, -0.05) is 29.8 Å². The molecule has 0 unspecified atom stereocenters. The van der Waals surface area contributed by atoms with Crippen molar-refractivity contribution >= 4 is 34.4 Å². The van der Waals surface area contributed by atoms with Crippen LogP contribution in [-0.2, 0) is 17.1 Å². The molecule has 124 valence electrons. The Labute approximate surface area is 146 Å². The number of benzene rings is 2. The largest absolute Gasteiger partial charge is 0.324 e. The summed E-state index contributed by atoms with van der Waals surface area (Å²) in [6.45, 7) is 4.32. The van der Waals surface area contributed by atoms with E-state index in [1.807, 2.05) is 61.1 Å². The number of fused-ring (bicyclic) bond motifs is 1. The van der Waals surface area contributed by atoms with Crippen molar-refractivity contribution in [3.8, 4) is 0 Å². The molecule has 0 aliphatic rings. The lowest BCUT2D eigenvalue weighted by Gasteiger charge is -2.11. The molecule has 0 bridgehead atoms. The third kappa shape index (κ3) is 3.46. The number of para-hydroxylation sites is 2. The van der Waals surface area contributed by atoms with E-state index < -0.39 is 0 Å². The molecule has 0 saturated heterocycles. The molecule has 5 heteroatoms. The molecule has 4 nitrogen and oxygen atoms in total. The highest BCUT2D eigenvalue weighted by Gasteiger charge is 2.13. The molecule has 1 aromatic heterocycles. The maximum Gasteiger partial charge on any atom is 0.244 e. The van der Waals surface area contributed by atoms with Gasteiger partial charge in [-0.05, 0) is 43.9 Å². The number of carbonyl (C=O) groups is 1. The second-order valence-corrected chi connectivity index (χ2v) is 6.77. The van der Waals surface area contributed by atoms with Crippen LogP contribution >= 0.6 is 11.8 Å². The van der Waals surface area contributed by atoms with Crippen molar-refractivity contribution in [1.29, 1.82) is 0 Å². The molecular weight excluding hydrogens is 318 g/mol. The number of aromatic nitrogens is 2. The van der Waals surface area contributed by atoms with Crippen LogP contribution < -0.4 is 5.32 Å². The van der Waals surface area contributed by atoms with Crippen molar-refractivity contribution in [1.82, 2.24) is 9.55 Å². The highest BCUT2D eigenvalue weighted by Crippen LogP contribution is 2.20. The Kier molecular flexibility index (Phi) is 4.90. The fraction of sp³-hybridized carbons (Fsp3) is 0.263. The Morgan fingerprint density at radius 2 is 2.00 bits per heavy atom. The topological polar surface area (TPSA) is 46.9 Å². The molecule has 3 rings (SSSR count). The molecule has 3 aromatic rings. The van der Waals surface area contributed by atoms with Gasteiger partial charge in [0.2, 0.25) is 5.91 Å². The number of hydrogen-bond acceptors (Lipinski definition) is 3. The van der Waals surface area contributed by atoms with E-state index in [-0.39, 0.29) is 12.5 Å². The Bertz CT molecular complexity index is 885. The van der Waals surface area contributed by atoms with E-state index in [9.17, 15) is 4.79 Å².